The zero-order valence-corrected chi connectivity index (χ0v) is 23.4. The van der Waals surface area contributed by atoms with Gasteiger partial charge in [-0.25, -0.2) is 4.63 Å². The molecule has 40 heavy (non-hydrogen) atoms. The van der Waals surface area contributed by atoms with E-state index in [1.807, 2.05) is 35.9 Å². The van der Waals surface area contributed by atoms with E-state index in [-0.39, 0.29) is 18.4 Å². The third kappa shape index (κ3) is 6.29. The second-order valence-electron chi connectivity index (χ2n) is 10.9. The first-order valence-corrected chi connectivity index (χ1v) is 14.2. The van der Waals surface area contributed by atoms with Crippen LogP contribution >= 0.6 is 0 Å². The molecule has 1 aromatic heterocycles. The molecule has 9 nitrogen and oxygen atoms in total. The molecule has 0 N–H and O–H groups in total. The molecule has 212 valence electrons. The number of para-hydroxylation sites is 1. The molecule has 3 heterocycles. The van der Waals surface area contributed by atoms with Gasteiger partial charge in [0.25, 0.3) is 5.91 Å². The second-order valence-corrected chi connectivity index (χ2v) is 10.9. The fourth-order valence-electron chi connectivity index (χ4n) is 5.72. The van der Waals surface area contributed by atoms with E-state index < -0.39 is 5.41 Å². The molecule has 0 radical (unpaired) electrons. The summed E-state index contributed by atoms with van der Waals surface area (Å²) in [4.78, 5) is 30.8. The first kappa shape index (κ1) is 27.7. The third-order valence-electron chi connectivity index (χ3n) is 8.29. The number of aromatic nitrogens is 2. The van der Waals surface area contributed by atoms with E-state index in [0.29, 0.717) is 61.8 Å². The molecule has 2 aliphatic heterocycles. The topological polar surface area (TPSA) is 98.0 Å². The van der Waals surface area contributed by atoms with Gasteiger partial charge in [0, 0.05) is 25.7 Å². The van der Waals surface area contributed by atoms with Gasteiger partial charge in [-0.2, -0.15) is 0 Å². The van der Waals surface area contributed by atoms with Crippen LogP contribution in [0.3, 0.4) is 0 Å². The standard InChI is InChI=1S/C31H38N4O5/c1-23-27(33-40-32-23)22-39-26-13-11-25(12-14-26)29(36)35-18-16-31(17-19-35)15-7-3-4-8-24-9-5-6-10-28(24)38-21-20-34(2)30(31)37/h5-6,9-14H,3-4,7-8,15-22H2,1-2H3. The van der Waals surface area contributed by atoms with E-state index >= 15 is 0 Å². The lowest BCUT2D eigenvalue weighted by molar-refractivity contribution is -0.144. The van der Waals surface area contributed by atoms with E-state index in [1.54, 1.807) is 24.3 Å². The van der Waals surface area contributed by atoms with Crippen LogP contribution in [0.2, 0.25) is 0 Å². The zero-order chi connectivity index (χ0) is 28.0. The van der Waals surface area contributed by atoms with Crippen LogP contribution in [0.1, 0.15) is 65.8 Å². The number of ether oxygens (including phenoxy) is 2. The van der Waals surface area contributed by atoms with Gasteiger partial charge in [0.2, 0.25) is 5.91 Å². The molecule has 0 unspecified atom stereocenters. The summed E-state index contributed by atoms with van der Waals surface area (Å²) in [6, 6.07) is 15.3. The summed E-state index contributed by atoms with van der Waals surface area (Å²) in [7, 11) is 1.88. The number of nitrogens with zero attached hydrogens (tertiary/aromatic N) is 4. The second kappa shape index (κ2) is 12.5. The molecule has 0 atom stereocenters. The van der Waals surface area contributed by atoms with E-state index in [2.05, 4.69) is 22.4 Å². The smallest absolute Gasteiger partial charge is 0.253 e. The fourth-order valence-corrected chi connectivity index (χ4v) is 5.72. The van der Waals surface area contributed by atoms with Crippen LogP contribution in [-0.2, 0) is 17.8 Å². The van der Waals surface area contributed by atoms with Crippen molar-refractivity contribution in [2.75, 3.05) is 33.3 Å². The number of hydrogen-bond acceptors (Lipinski definition) is 7. The number of aryl methyl sites for hydroxylation is 2. The van der Waals surface area contributed by atoms with Crippen LogP contribution < -0.4 is 9.47 Å². The summed E-state index contributed by atoms with van der Waals surface area (Å²) < 4.78 is 16.5. The lowest BCUT2D eigenvalue weighted by Crippen LogP contribution is -2.51. The lowest BCUT2D eigenvalue weighted by Gasteiger charge is -2.42. The quantitative estimate of drug-likeness (QED) is 0.462. The maximum atomic E-state index is 13.8. The Morgan fingerprint density at radius 2 is 1.75 bits per heavy atom. The van der Waals surface area contributed by atoms with Crippen molar-refractivity contribution in [3.63, 3.8) is 0 Å². The van der Waals surface area contributed by atoms with E-state index in [9.17, 15) is 9.59 Å². The molecule has 3 aromatic rings. The predicted molar refractivity (Wildman–Crippen MR) is 149 cm³/mol. The number of benzene rings is 2. The normalized spacial score (nSPS) is 18.2. The highest BCUT2D eigenvalue weighted by Crippen LogP contribution is 2.39. The maximum Gasteiger partial charge on any atom is 0.253 e. The average molecular weight is 547 g/mol. The van der Waals surface area contributed by atoms with Crippen molar-refractivity contribution in [2.24, 2.45) is 5.41 Å². The maximum absolute atomic E-state index is 13.8. The Bertz CT molecular complexity index is 1300. The Kier molecular flexibility index (Phi) is 8.67. The largest absolute Gasteiger partial charge is 0.491 e. The van der Waals surface area contributed by atoms with Gasteiger partial charge in [0.05, 0.1) is 12.0 Å². The molecule has 9 heteroatoms. The van der Waals surface area contributed by atoms with Gasteiger partial charge in [-0.15, -0.1) is 0 Å². The molecule has 2 amide bonds. The fraction of sp³-hybridized carbons (Fsp3) is 0.484. The summed E-state index contributed by atoms with van der Waals surface area (Å²) in [5.74, 6) is 1.72. The van der Waals surface area contributed by atoms with Crippen molar-refractivity contribution in [2.45, 2.75) is 58.5 Å². The van der Waals surface area contributed by atoms with Gasteiger partial charge in [0.15, 0.2) is 0 Å². The summed E-state index contributed by atoms with van der Waals surface area (Å²) in [5, 5.41) is 7.57. The van der Waals surface area contributed by atoms with Gasteiger partial charge in [-0.3, -0.25) is 9.59 Å². The first-order chi connectivity index (χ1) is 19.4. The van der Waals surface area contributed by atoms with Crippen LogP contribution in [0, 0.1) is 12.3 Å². The van der Waals surface area contributed by atoms with Crippen molar-refractivity contribution in [3.8, 4) is 11.5 Å². The molecule has 0 bridgehead atoms. The van der Waals surface area contributed by atoms with Gasteiger partial charge < -0.3 is 19.3 Å². The highest BCUT2D eigenvalue weighted by molar-refractivity contribution is 5.94. The number of likely N-dealkylation sites (tertiary alicyclic amines) is 1. The molecule has 1 spiro atoms. The molecule has 1 fully saturated rings. The molecule has 1 saturated heterocycles. The number of amides is 2. The molecular formula is C31H38N4O5. The molecule has 2 aromatic carbocycles. The van der Waals surface area contributed by atoms with E-state index in [0.717, 1.165) is 37.9 Å². The minimum Gasteiger partial charge on any atom is -0.491 e. The number of carbonyl (C=O) groups is 2. The summed E-state index contributed by atoms with van der Waals surface area (Å²) in [6.07, 6.45) is 6.33. The SMILES string of the molecule is Cc1nonc1COc1ccc(C(=O)N2CCC3(CCCCCc4ccccc4OCCN(C)C3=O)CC2)cc1. The Hall–Kier alpha value is -3.88. The van der Waals surface area contributed by atoms with Crippen molar-refractivity contribution < 1.29 is 23.7 Å². The summed E-state index contributed by atoms with van der Waals surface area (Å²) in [6.45, 7) is 4.20. The molecule has 5 rings (SSSR count). The van der Waals surface area contributed by atoms with Crippen molar-refractivity contribution >= 4 is 11.8 Å². The van der Waals surface area contributed by atoms with Crippen LogP contribution in [0.4, 0.5) is 0 Å². The molecule has 0 saturated carbocycles. The number of carbonyl (C=O) groups excluding carboxylic acids is 2. The average Bonchev–Trinajstić information content (AvgIpc) is 3.40. The van der Waals surface area contributed by atoms with Gasteiger partial charge in [-0.05, 0) is 74.9 Å². The van der Waals surface area contributed by atoms with Crippen molar-refractivity contribution in [1.29, 1.82) is 0 Å². The van der Waals surface area contributed by atoms with Gasteiger partial charge in [-0.1, -0.05) is 41.4 Å². The predicted octanol–water partition coefficient (Wildman–Crippen LogP) is 4.83. The Morgan fingerprint density at radius 1 is 0.975 bits per heavy atom. The Morgan fingerprint density at radius 3 is 2.50 bits per heavy atom. The zero-order valence-electron chi connectivity index (χ0n) is 23.4. The summed E-state index contributed by atoms with van der Waals surface area (Å²) >= 11 is 0. The van der Waals surface area contributed by atoms with E-state index in [1.165, 1.54) is 5.56 Å². The highest BCUT2D eigenvalue weighted by Gasteiger charge is 2.43. The lowest BCUT2D eigenvalue weighted by atomic mass is 9.73. The minimum atomic E-state index is -0.432. The molecule has 0 aliphatic carbocycles. The van der Waals surface area contributed by atoms with Crippen molar-refractivity contribution in [1.82, 2.24) is 20.1 Å². The highest BCUT2D eigenvalue weighted by atomic mass is 16.6. The molecule has 2 aliphatic rings. The van der Waals surface area contributed by atoms with Crippen LogP contribution in [0.25, 0.3) is 0 Å². The third-order valence-corrected chi connectivity index (χ3v) is 8.29. The Labute approximate surface area is 235 Å². The number of likely N-dealkylation sites (N-methyl/N-ethyl adjacent to an activating group) is 1. The minimum absolute atomic E-state index is 0.0189. The van der Waals surface area contributed by atoms with Crippen LogP contribution in [-0.4, -0.2) is 65.2 Å². The number of rotatable bonds is 4. The van der Waals surface area contributed by atoms with Crippen LogP contribution in [0.15, 0.2) is 53.2 Å². The number of fused-ring (bicyclic) bond motifs is 1. The van der Waals surface area contributed by atoms with Gasteiger partial charge >= 0.3 is 0 Å². The van der Waals surface area contributed by atoms with Gasteiger partial charge in [0.1, 0.15) is 36.1 Å². The monoisotopic (exact) mass is 546 g/mol. The number of hydrogen-bond donors (Lipinski definition) is 0. The first-order valence-electron chi connectivity index (χ1n) is 14.2. The van der Waals surface area contributed by atoms with Crippen LogP contribution in [0.5, 0.6) is 11.5 Å². The van der Waals surface area contributed by atoms with E-state index in [4.69, 9.17) is 14.1 Å². The Balaban J connectivity index is 1.19. The number of piperidine rings is 1. The van der Waals surface area contributed by atoms with Crippen molar-refractivity contribution in [3.05, 3.63) is 71.0 Å². The molecular weight excluding hydrogens is 508 g/mol. The summed E-state index contributed by atoms with van der Waals surface area (Å²) in [5.41, 5.74) is 2.74.